The summed E-state index contributed by atoms with van der Waals surface area (Å²) in [7, 11) is 1.16. The number of halogens is 3. The summed E-state index contributed by atoms with van der Waals surface area (Å²) in [4.78, 5) is 50.9. The third kappa shape index (κ3) is 7.70. The average molecular weight is 618 g/mol. The predicted octanol–water partition coefficient (Wildman–Crippen LogP) is 5.09. The number of anilines is 1. The average Bonchev–Trinajstić information content (AvgIpc) is 3.34. The second-order valence-corrected chi connectivity index (χ2v) is 10.6. The van der Waals surface area contributed by atoms with Crippen LogP contribution in [-0.2, 0) is 27.2 Å². The summed E-state index contributed by atoms with van der Waals surface area (Å²) in [5.41, 5.74) is 2.90. The largest absolute Gasteiger partial charge is 0.467 e. The van der Waals surface area contributed by atoms with Crippen LogP contribution < -0.4 is 21.3 Å². The highest BCUT2D eigenvalue weighted by Gasteiger charge is 2.28. The topological polar surface area (TPSA) is 126 Å². The Balaban J connectivity index is 1.40. The van der Waals surface area contributed by atoms with Crippen LogP contribution >= 0.6 is 34.8 Å². The first kappa shape index (κ1) is 30.2. The first-order valence-electron chi connectivity index (χ1n) is 12.7. The van der Waals surface area contributed by atoms with Gasteiger partial charge in [-0.05, 0) is 53.8 Å². The van der Waals surface area contributed by atoms with E-state index in [1.165, 1.54) is 17.7 Å². The lowest BCUT2D eigenvalue weighted by molar-refractivity contribution is -0.142. The van der Waals surface area contributed by atoms with Crippen molar-refractivity contribution in [3.8, 4) is 0 Å². The summed E-state index contributed by atoms with van der Waals surface area (Å²) in [6.45, 7) is -0.260. The second kappa shape index (κ2) is 13.7. The fourth-order valence-electron chi connectivity index (χ4n) is 4.56. The van der Waals surface area contributed by atoms with Crippen molar-refractivity contribution in [1.29, 1.82) is 0 Å². The van der Waals surface area contributed by atoms with Crippen molar-refractivity contribution in [3.63, 3.8) is 0 Å². The molecule has 2 atom stereocenters. The number of amides is 4. The fraction of sp³-hybridized carbons (Fsp3) is 0.241. The van der Waals surface area contributed by atoms with Crippen LogP contribution in [0, 0.1) is 0 Å². The number of carbonyl (C=O) groups is 4. The van der Waals surface area contributed by atoms with E-state index in [9.17, 15) is 19.2 Å². The maximum Gasteiger partial charge on any atom is 0.330 e. The SMILES string of the molecule is COC(=O)[C@H](CNC(=O)N[C@@H]1CCc2ccccc21)NC(=O)c1c(Cl)ccc(NC(=O)Cc2cccc(Cl)c2)c1Cl. The molecule has 214 valence electrons. The molecule has 0 radical (unpaired) electrons. The number of ether oxygens (including phenoxy) is 1. The summed E-state index contributed by atoms with van der Waals surface area (Å²) >= 11 is 18.7. The number of fused-ring (bicyclic) bond motifs is 1. The quantitative estimate of drug-likeness (QED) is 0.249. The Morgan fingerprint density at radius 2 is 1.78 bits per heavy atom. The molecule has 0 spiro atoms. The molecule has 9 nitrogen and oxygen atoms in total. The number of benzene rings is 3. The zero-order valence-electron chi connectivity index (χ0n) is 21.9. The molecule has 12 heteroatoms. The molecule has 0 heterocycles. The summed E-state index contributed by atoms with van der Waals surface area (Å²) in [6.07, 6.45) is 1.63. The fourth-order valence-corrected chi connectivity index (χ4v) is 5.36. The van der Waals surface area contributed by atoms with E-state index in [4.69, 9.17) is 39.5 Å². The first-order chi connectivity index (χ1) is 19.7. The second-order valence-electron chi connectivity index (χ2n) is 9.33. The Labute approximate surface area is 251 Å². The van der Waals surface area contributed by atoms with Gasteiger partial charge >= 0.3 is 12.0 Å². The number of nitrogens with one attached hydrogen (secondary N) is 4. The van der Waals surface area contributed by atoms with Gasteiger partial charge in [0, 0.05) is 5.02 Å². The molecule has 3 aromatic carbocycles. The van der Waals surface area contributed by atoms with Crippen LogP contribution in [0.15, 0.2) is 60.7 Å². The molecule has 1 aliphatic rings. The van der Waals surface area contributed by atoms with Crippen LogP contribution in [0.1, 0.15) is 39.5 Å². The third-order valence-corrected chi connectivity index (χ3v) is 7.48. The van der Waals surface area contributed by atoms with Crippen LogP contribution in [0.4, 0.5) is 10.5 Å². The molecule has 0 bridgehead atoms. The van der Waals surface area contributed by atoms with Gasteiger partial charge in [-0.25, -0.2) is 9.59 Å². The monoisotopic (exact) mass is 616 g/mol. The standard InChI is InChI=1S/C29H27Cl3N4O5/c1-41-28(39)23(15-33-29(40)36-21-11-9-17-6-2-3-8-19(17)21)35-27(38)25-20(31)10-12-22(26(25)32)34-24(37)14-16-5-4-7-18(30)13-16/h2-8,10,12-13,21,23H,9,11,14-15H2,1H3,(H,34,37)(H,35,38)(H2,33,36,40)/t21-,23+/m1/s1. The molecule has 4 rings (SSSR count). The van der Waals surface area contributed by atoms with Crippen LogP contribution in [0.25, 0.3) is 0 Å². The number of rotatable bonds is 9. The van der Waals surface area contributed by atoms with E-state index in [1.807, 2.05) is 24.3 Å². The van der Waals surface area contributed by atoms with Crippen LogP contribution in [0.3, 0.4) is 0 Å². The first-order valence-corrected chi connectivity index (χ1v) is 13.8. The number of urea groups is 1. The molecule has 0 saturated heterocycles. The molecule has 1 aliphatic carbocycles. The molecule has 41 heavy (non-hydrogen) atoms. The Hall–Kier alpha value is -3.79. The predicted molar refractivity (Wildman–Crippen MR) is 158 cm³/mol. The van der Waals surface area contributed by atoms with Crippen molar-refractivity contribution < 1.29 is 23.9 Å². The maximum atomic E-state index is 13.2. The van der Waals surface area contributed by atoms with Crippen molar-refractivity contribution in [3.05, 3.63) is 98.0 Å². The lowest BCUT2D eigenvalue weighted by Crippen LogP contribution is -2.51. The smallest absolute Gasteiger partial charge is 0.330 e. The van der Waals surface area contributed by atoms with E-state index in [-0.39, 0.29) is 40.3 Å². The van der Waals surface area contributed by atoms with Gasteiger partial charge in [0.1, 0.15) is 6.04 Å². The number of hydrogen-bond donors (Lipinski definition) is 4. The number of hydrogen-bond acceptors (Lipinski definition) is 5. The Morgan fingerprint density at radius 3 is 2.54 bits per heavy atom. The number of esters is 1. The van der Waals surface area contributed by atoms with Crippen LogP contribution in [-0.4, -0.2) is 43.5 Å². The van der Waals surface area contributed by atoms with Crippen molar-refractivity contribution in [1.82, 2.24) is 16.0 Å². The summed E-state index contributed by atoms with van der Waals surface area (Å²) in [5, 5.41) is 11.0. The van der Waals surface area contributed by atoms with Crippen molar-refractivity contribution in [2.75, 3.05) is 19.0 Å². The van der Waals surface area contributed by atoms with E-state index in [1.54, 1.807) is 24.3 Å². The molecule has 0 aliphatic heterocycles. The van der Waals surface area contributed by atoms with Crippen molar-refractivity contribution in [2.24, 2.45) is 0 Å². The van der Waals surface area contributed by atoms with E-state index < -0.39 is 29.9 Å². The Bertz CT molecular complexity index is 1480. The zero-order chi connectivity index (χ0) is 29.5. The van der Waals surface area contributed by atoms with E-state index in [0.717, 1.165) is 25.5 Å². The van der Waals surface area contributed by atoms with Crippen molar-refractivity contribution >= 4 is 64.3 Å². The van der Waals surface area contributed by atoms with Crippen LogP contribution in [0.5, 0.6) is 0 Å². The lowest BCUT2D eigenvalue weighted by atomic mass is 10.1. The van der Waals surface area contributed by atoms with Crippen molar-refractivity contribution in [2.45, 2.75) is 31.3 Å². The van der Waals surface area contributed by atoms with E-state index >= 15 is 0 Å². The van der Waals surface area contributed by atoms with Gasteiger partial charge in [-0.1, -0.05) is 71.2 Å². The van der Waals surface area contributed by atoms with Crippen LogP contribution in [0.2, 0.25) is 15.1 Å². The highest BCUT2D eigenvalue weighted by atomic mass is 35.5. The Kier molecular flexibility index (Phi) is 10.1. The molecule has 0 fully saturated rings. The number of aryl methyl sites for hydroxylation is 1. The van der Waals surface area contributed by atoms with Gasteiger partial charge in [-0.2, -0.15) is 0 Å². The van der Waals surface area contributed by atoms with Gasteiger partial charge in [0.05, 0.1) is 47.4 Å². The molecule has 0 aromatic heterocycles. The van der Waals surface area contributed by atoms with Gasteiger partial charge in [-0.15, -0.1) is 0 Å². The molecule has 4 N–H and O–H groups in total. The summed E-state index contributed by atoms with van der Waals surface area (Å²) < 4.78 is 4.81. The molecule has 4 amide bonds. The zero-order valence-corrected chi connectivity index (χ0v) is 24.2. The third-order valence-electron chi connectivity index (χ3n) is 6.54. The number of carbonyl (C=O) groups excluding carboxylic acids is 4. The highest BCUT2D eigenvalue weighted by Crippen LogP contribution is 2.32. The van der Waals surface area contributed by atoms with Gasteiger partial charge in [0.15, 0.2) is 0 Å². The normalized spacial score (nSPS) is 14.4. The molecule has 0 unspecified atom stereocenters. The van der Waals surface area contributed by atoms with E-state index in [2.05, 4.69) is 21.3 Å². The lowest BCUT2D eigenvalue weighted by Gasteiger charge is -2.20. The minimum absolute atomic E-state index is 0.00504. The van der Waals surface area contributed by atoms with Gasteiger partial charge in [0.25, 0.3) is 5.91 Å². The summed E-state index contributed by atoms with van der Waals surface area (Å²) in [5.74, 6) is -1.98. The molecular weight excluding hydrogens is 591 g/mol. The Morgan fingerprint density at radius 1 is 1.00 bits per heavy atom. The molecule has 0 saturated carbocycles. The number of methoxy groups -OCH3 is 1. The van der Waals surface area contributed by atoms with Gasteiger partial charge in [0.2, 0.25) is 5.91 Å². The molecular formula is C29H27Cl3N4O5. The minimum Gasteiger partial charge on any atom is -0.467 e. The summed E-state index contributed by atoms with van der Waals surface area (Å²) in [6, 6.07) is 15.6. The van der Waals surface area contributed by atoms with Gasteiger partial charge in [-0.3, -0.25) is 9.59 Å². The highest BCUT2D eigenvalue weighted by molar-refractivity contribution is 6.41. The molecule has 3 aromatic rings. The minimum atomic E-state index is -1.25. The van der Waals surface area contributed by atoms with E-state index in [0.29, 0.717) is 10.6 Å². The van der Waals surface area contributed by atoms with Gasteiger partial charge < -0.3 is 26.0 Å². The maximum absolute atomic E-state index is 13.2.